The van der Waals surface area contributed by atoms with Gasteiger partial charge in [0, 0.05) is 5.39 Å². The standard InChI is InChI=1S/C13H14NO5P/c1-9(13(15)16)14-20(17,18)19-12-8-4-6-10-5-2-3-7-11(10)12/h2-9H,1H3,(H,15,16)(H2,14,17,18)/t9-/m0/s1. The first-order chi connectivity index (χ1) is 9.39. The van der Waals surface area contributed by atoms with Crippen LogP contribution >= 0.6 is 7.75 Å². The summed E-state index contributed by atoms with van der Waals surface area (Å²) in [6, 6.07) is 11.1. The molecule has 0 saturated carbocycles. The SMILES string of the molecule is C[C@H](NP(=O)(O)Oc1cccc2ccccc12)C(=O)O. The predicted octanol–water partition coefficient (Wildman–Crippen LogP) is 2.38. The Morgan fingerprint density at radius 2 is 1.90 bits per heavy atom. The maximum absolute atomic E-state index is 11.9. The molecule has 7 heteroatoms. The lowest BCUT2D eigenvalue weighted by atomic mass is 10.1. The van der Waals surface area contributed by atoms with Gasteiger partial charge in [-0.15, -0.1) is 0 Å². The molecule has 0 heterocycles. The second kappa shape index (κ2) is 5.63. The lowest BCUT2D eigenvalue weighted by Crippen LogP contribution is -2.32. The molecule has 0 aliphatic rings. The quantitative estimate of drug-likeness (QED) is 0.733. The van der Waals surface area contributed by atoms with Crippen LogP contribution in [-0.2, 0) is 9.36 Å². The van der Waals surface area contributed by atoms with Gasteiger partial charge in [0.1, 0.15) is 11.8 Å². The Hall–Kier alpha value is -1.88. The number of fused-ring (bicyclic) bond motifs is 1. The van der Waals surface area contributed by atoms with Gasteiger partial charge < -0.3 is 14.5 Å². The van der Waals surface area contributed by atoms with Gasteiger partial charge in [-0.25, -0.2) is 4.57 Å². The largest absolute Gasteiger partial charge is 0.480 e. The number of benzene rings is 2. The number of hydrogen-bond donors (Lipinski definition) is 3. The molecule has 0 aromatic heterocycles. The molecule has 2 atom stereocenters. The van der Waals surface area contributed by atoms with E-state index in [4.69, 9.17) is 9.63 Å². The monoisotopic (exact) mass is 295 g/mol. The molecule has 106 valence electrons. The van der Waals surface area contributed by atoms with Crippen LogP contribution in [0.5, 0.6) is 5.75 Å². The third kappa shape index (κ3) is 3.36. The molecule has 2 aromatic carbocycles. The third-order valence-electron chi connectivity index (χ3n) is 2.70. The van der Waals surface area contributed by atoms with Crippen LogP contribution < -0.4 is 9.61 Å². The topological polar surface area (TPSA) is 95.9 Å². The fourth-order valence-electron chi connectivity index (χ4n) is 1.73. The summed E-state index contributed by atoms with van der Waals surface area (Å²) in [5.74, 6) is -1.01. The van der Waals surface area contributed by atoms with Crippen LogP contribution in [0.2, 0.25) is 0 Å². The van der Waals surface area contributed by atoms with Gasteiger partial charge in [0.05, 0.1) is 0 Å². The Bertz CT molecular complexity index is 682. The van der Waals surface area contributed by atoms with Crippen LogP contribution in [0.1, 0.15) is 6.92 Å². The minimum atomic E-state index is -4.26. The van der Waals surface area contributed by atoms with Crippen molar-refractivity contribution in [1.82, 2.24) is 5.09 Å². The molecular formula is C13H14NO5P. The van der Waals surface area contributed by atoms with Crippen molar-refractivity contribution in [3.8, 4) is 5.75 Å². The van der Waals surface area contributed by atoms with Crippen molar-refractivity contribution in [2.24, 2.45) is 0 Å². The van der Waals surface area contributed by atoms with Crippen molar-refractivity contribution < 1.29 is 23.9 Å². The number of carbonyl (C=O) groups is 1. The van der Waals surface area contributed by atoms with Crippen molar-refractivity contribution in [2.45, 2.75) is 13.0 Å². The smallest absolute Gasteiger partial charge is 0.456 e. The van der Waals surface area contributed by atoms with Crippen LogP contribution in [0.4, 0.5) is 0 Å². The molecule has 20 heavy (non-hydrogen) atoms. The maximum Gasteiger partial charge on any atom is 0.456 e. The minimum absolute atomic E-state index is 0.221. The first-order valence-corrected chi connectivity index (χ1v) is 7.47. The zero-order valence-corrected chi connectivity index (χ0v) is 11.6. The molecule has 0 aliphatic heterocycles. The highest BCUT2D eigenvalue weighted by molar-refractivity contribution is 7.51. The van der Waals surface area contributed by atoms with E-state index in [2.05, 4.69) is 5.09 Å². The van der Waals surface area contributed by atoms with E-state index in [0.717, 1.165) is 5.39 Å². The van der Waals surface area contributed by atoms with Crippen LogP contribution in [0.25, 0.3) is 10.8 Å². The van der Waals surface area contributed by atoms with E-state index in [1.54, 1.807) is 24.3 Å². The first-order valence-electron chi connectivity index (χ1n) is 5.90. The summed E-state index contributed by atoms with van der Waals surface area (Å²) in [5.41, 5.74) is 0. The molecule has 6 nitrogen and oxygen atoms in total. The van der Waals surface area contributed by atoms with Crippen molar-refractivity contribution in [1.29, 1.82) is 0 Å². The Labute approximate surface area is 115 Å². The fourth-order valence-corrected chi connectivity index (χ4v) is 2.81. The van der Waals surface area contributed by atoms with Crippen molar-refractivity contribution >= 4 is 24.5 Å². The number of carboxylic acids is 1. The summed E-state index contributed by atoms with van der Waals surface area (Å²) < 4.78 is 17.0. The highest BCUT2D eigenvalue weighted by Crippen LogP contribution is 2.41. The number of aliphatic carboxylic acids is 1. The highest BCUT2D eigenvalue weighted by atomic mass is 31.2. The van der Waals surface area contributed by atoms with Crippen LogP contribution in [-0.4, -0.2) is 22.0 Å². The third-order valence-corrected chi connectivity index (χ3v) is 3.86. The van der Waals surface area contributed by atoms with Crippen molar-refractivity contribution in [2.75, 3.05) is 0 Å². The van der Waals surface area contributed by atoms with E-state index >= 15 is 0 Å². The Morgan fingerprint density at radius 1 is 1.25 bits per heavy atom. The second-order valence-electron chi connectivity index (χ2n) is 4.28. The molecule has 0 spiro atoms. The average molecular weight is 295 g/mol. The van der Waals surface area contributed by atoms with Crippen LogP contribution in [0, 0.1) is 0 Å². The van der Waals surface area contributed by atoms with E-state index in [9.17, 15) is 14.3 Å². The van der Waals surface area contributed by atoms with Crippen molar-refractivity contribution in [3.63, 3.8) is 0 Å². The molecule has 2 rings (SSSR count). The fraction of sp³-hybridized carbons (Fsp3) is 0.154. The summed E-state index contributed by atoms with van der Waals surface area (Å²) in [6.45, 7) is 1.26. The molecule has 2 aromatic rings. The second-order valence-corrected chi connectivity index (χ2v) is 5.76. The van der Waals surface area contributed by atoms with Crippen LogP contribution in [0.3, 0.4) is 0 Å². The average Bonchev–Trinajstić information content (AvgIpc) is 2.38. The van der Waals surface area contributed by atoms with Crippen molar-refractivity contribution in [3.05, 3.63) is 42.5 Å². The van der Waals surface area contributed by atoms with Crippen LogP contribution in [0.15, 0.2) is 42.5 Å². The van der Waals surface area contributed by atoms with Gasteiger partial charge in [0.25, 0.3) is 0 Å². The number of hydrogen-bond acceptors (Lipinski definition) is 3. The van der Waals surface area contributed by atoms with Gasteiger partial charge in [-0.05, 0) is 18.4 Å². The Balaban J connectivity index is 2.27. The lowest BCUT2D eigenvalue weighted by Gasteiger charge is -2.17. The molecule has 1 unspecified atom stereocenters. The zero-order chi connectivity index (χ0) is 14.8. The molecular weight excluding hydrogens is 281 g/mol. The number of carboxylic acid groups (broad SMARTS) is 1. The highest BCUT2D eigenvalue weighted by Gasteiger charge is 2.27. The molecule has 0 bridgehead atoms. The summed E-state index contributed by atoms with van der Waals surface area (Å²) >= 11 is 0. The van der Waals surface area contributed by atoms with E-state index in [1.807, 2.05) is 18.2 Å². The zero-order valence-electron chi connectivity index (χ0n) is 10.7. The number of rotatable bonds is 5. The van der Waals surface area contributed by atoms with E-state index < -0.39 is 19.8 Å². The maximum atomic E-state index is 11.9. The first kappa shape index (κ1) is 14.5. The predicted molar refractivity (Wildman–Crippen MR) is 74.6 cm³/mol. The van der Waals surface area contributed by atoms with Gasteiger partial charge >= 0.3 is 13.7 Å². The summed E-state index contributed by atoms with van der Waals surface area (Å²) in [5, 5.41) is 12.3. The van der Waals surface area contributed by atoms with E-state index in [1.165, 1.54) is 6.92 Å². The van der Waals surface area contributed by atoms with E-state index in [-0.39, 0.29) is 5.75 Å². The van der Waals surface area contributed by atoms with Gasteiger partial charge in [-0.2, -0.15) is 5.09 Å². The lowest BCUT2D eigenvalue weighted by molar-refractivity contribution is -0.138. The molecule has 0 fully saturated rings. The van der Waals surface area contributed by atoms with Gasteiger partial charge in [0.2, 0.25) is 0 Å². The number of nitrogens with one attached hydrogen (secondary N) is 1. The Morgan fingerprint density at radius 3 is 2.60 bits per heavy atom. The summed E-state index contributed by atoms with van der Waals surface area (Å²) in [6.07, 6.45) is 0. The molecule has 0 aliphatic carbocycles. The molecule has 0 radical (unpaired) electrons. The normalized spacial score (nSPS) is 15.5. The van der Waals surface area contributed by atoms with Gasteiger partial charge in [-0.1, -0.05) is 36.4 Å². The minimum Gasteiger partial charge on any atom is -0.480 e. The summed E-state index contributed by atoms with van der Waals surface area (Å²) in [7, 11) is -4.26. The summed E-state index contributed by atoms with van der Waals surface area (Å²) in [4.78, 5) is 20.4. The van der Waals surface area contributed by atoms with Gasteiger partial charge in [-0.3, -0.25) is 4.79 Å². The Kier molecular flexibility index (Phi) is 4.09. The van der Waals surface area contributed by atoms with Gasteiger partial charge in [0.15, 0.2) is 0 Å². The molecule has 0 amide bonds. The van der Waals surface area contributed by atoms with E-state index in [0.29, 0.717) is 5.39 Å². The molecule has 0 saturated heterocycles. The molecule has 3 N–H and O–H groups in total.